The molecule has 0 amide bonds. The minimum Gasteiger partial charge on any atom is -0.379 e. The third-order valence-corrected chi connectivity index (χ3v) is 6.76. The summed E-state index contributed by atoms with van der Waals surface area (Å²) in [5.74, 6) is -0.999. The number of imidazole rings is 1. The largest absolute Gasteiger partial charge is 0.418 e. The van der Waals surface area contributed by atoms with Gasteiger partial charge in [-0.05, 0) is 39.7 Å². The van der Waals surface area contributed by atoms with Gasteiger partial charge in [-0.1, -0.05) is 12.1 Å². The molecule has 0 spiro atoms. The molecule has 4 heterocycles. The number of nitrogens with zero attached hydrogens (tertiary/aromatic N) is 4. The molecule has 6 nitrogen and oxygen atoms in total. The van der Waals surface area contributed by atoms with Gasteiger partial charge in [0, 0.05) is 47.0 Å². The van der Waals surface area contributed by atoms with Gasteiger partial charge < -0.3 is 4.74 Å². The van der Waals surface area contributed by atoms with Crippen LogP contribution in [0.15, 0.2) is 62.2 Å². The molecule has 12 heteroatoms. The number of hydrogen-bond donors (Lipinski definition) is 0. The molecule has 0 radical (unpaired) electrons. The minimum atomic E-state index is -4.65. The van der Waals surface area contributed by atoms with Gasteiger partial charge >= 0.3 is 11.9 Å². The zero-order valence-corrected chi connectivity index (χ0v) is 19.6. The van der Waals surface area contributed by atoms with Crippen LogP contribution < -0.4 is 5.69 Å². The van der Waals surface area contributed by atoms with E-state index in [0.29, 0.717) is 31.0 Å². The van der Waals surface area contributed by atoms with Crippen LogP contribution >= 0.6 is 15.9 Å². The van der Waals surface area contributed by atoms with E-state index in [-0.39, 0.29) is 16.4 Å². The van der Waals surface area contributed by atoms with Crippen LogP contribution in [0.3, 0.4) is 0 Å². The first-order valence-electron chi connectivity index (χ1n) is 10.6. The highest BCUT2D eigenvalue weighted by Crippen LogP contribution is 2.39. The van der Waals surface area contributed by atoms with Gasteiger partial charge in [-0.3, -0.25) is 8.97 Å². The van der Waals surface area contributed by atoms with Gasteiger partial charge in [0.2, 0.25) is 6.43 Å². The summed E-state index contributed by atoms with van der Waals surface area (Å²) >= 11 is 3.04. The third-order valence-electron chi connectivity index (χ3n) is 6.33. The van der Waals surface area contributed by atoms with Gasteiger partial charge in [0.1, 0.15) is 0 Å². The first-order chi connectivity index (χ1) is 16.6. The lowest BCUT2D eigenvalue weighted by atomic mass is 9.73. The number of ether oxygens (including phenoxy) is 1. The van der Waals surface area contributed by atoms with Crippen molar-refractivity contribution in [2.45, 2.75) is 30.9 Å². The number of benzene rings is 1. The molecule has 184 valence electrons. The molecule has 0 bridgehead atoms. The fourth-order valence-electron chi connectivity index (χ4n) is 4.49. The lowest BCUT2D eigenvalue weighted by Crippen LogP contribution is -2.48. The smallest absolute Gasteiger partial charge is 0.379 e. The van der Waals surface area contributed by atoms with E-state index in [4.69, 9.17) is 4.74 Å². The van der Waals surface area contributed by atoms with Gasteiger partial charge in [0.05, 0.1) is 35.9 Å². The van der Waals surface area contributed by atoms with Gasteiger partial charge in [0.25, 0.3) is 0 Å². The van der Waals surface area contributed by atoms with Crippen molar-refractivity contribution in [3.63, 3.8) is 0 Å². The monoisotopic (exact) mass is 556 g/mol. The van der Waals surface area contributed by atoms with Crippen molar-refractivity contribution in [3.05, 3.63) is 68.8 Å². The van der Waals surface area contributed by atoms with Crippen LogP contribution in [-0.4, -0.2) is 40.5 Å². The number of fused-ring (bicyclic) bond motifs is 1. The number of aromatic nitrogens is 2. The normalized spacial score (nSPS) is 19.7. The van der Waals surface area contributed by atoms with E-state index in [9.17, 15) is 26.7 Å². The predicted molar refractivity (Wildman–Crippen MR) is 123 cm³/mol. The molecule has 0 aliphatic carbocycles. The number of halogens is 6. The Morgan fingerprint density at radius 1 is 1.20 bits per heavy atom. The van der Waals surface area contributed by atoms with Gasteiger partial charge in [-0.15, -0.1) is 0 Å². The minimum absolute atomic E-state index is 0.0854. The maximum absolute atomic E-state index is 13.6. The Hall–Kier alpha value is -2.86. The molecule has 2 aromatic heterocycles. The van der Waals surface area contributed by atoms with Crippen molar-refractivity contribution in [2.75, 3.05) is 13.2 Å². The van der Waals surface area contributed by atoms with Crippen molar-refractivity contribution < 1.29 is 26.7 Å². The van der Waals surface area contributed by atoms with E-state index in [1.807, 2.05) is 6.07 Å². The third kappa shape index (κ3) is 4.33. The second kappa shape index (κ2) is 8.66. The Kier molecular flexibility index (Phi) is 5.91. The Morgan fingerprint density at radius 3 is 2.63 bits per heavy atom. The van der Waals surface area contributed by atoms with E-state index >= 15 is 0 Å². The Bertz CT molecular complexity index is 1410. The summed E-state index contributed by atoms with van der Waals surface area (Å²) in [6, 6.07) is 7.78. The maximum Gasteiger partial charge on any atom is 0.418 e. The topological polar surface area (TPSA) is 60.4 Å². The molecule has 1 atom stereocenters. The van der Waals surface area contributed by atoms with Gasteiger partial charge in [0.15, 0.2) is 0 Å². The van der Waals surface area contributed by atoms with Crippen molar-refractivity contribution in [1.29, 1.82) is 0 Å². The molecule has 0 N–H and O–H groups in total. The van der Waals surface area contributed by atoms with Gasteiger partial charge in [-0.25, -0.2) is 13.6 Å². The van der Waals surface area contributed by atoms with Crippen molar-refractivity contribution in [2.24, 2.45) is 16.1 Å². The molecule has 0 saturated carbocycles. The molecule has 2 aliphatic heterocycles. The quantitative estimate of drug-likeness (QED) is 0.403. The molecule has 1 saturated heterocycles. The SMILES string of the molecule is O=c1n(-c2cccc(C3(CC4=NN=C[C@@H](C(F)F)C4)COC3)c2)cc2c(C(F)(F)F)cc(Br)cn12. The Morgan fingerprint density at radius 2 is 1.97 bits per heavy atom. The zero-order valence-electron chi connectivity index (χ0n) is 18.0. The molecule has 2 aliphatic rings. The lowest BCUT2D eigenvalue weighted by Gasteiger charge is -2.42. The van der Waals surface area contributed by atoms with Crippen LogP contribution in [0.4, 0.5) is 22.0 Å². The maximum atomic E-state index is 13.6. The summed E-state index contributed by atoms with van der Waals surface area (Å²) in [6.45, 7) is 0.632. The second-order valence-corrected chi connectivity index (χ2v) is 9.66. The van der Waals surface area contributed by atoms with E-state index in [1.165, 1.54) is 6.20 Å². The summed E-state index contributed by atoms with van der Waals surface area (Å²) in [7, 11) is 0. The highest BCUT2D eigenvalue weighted by molar-refractivity contribution is 9.10. The van der Waals surface area contributed by atoms with Gasteiger partial charge in [-0.2, -0.15) is 23.4 Å². The lowest BCUT2D eigenvalue weighted by molar-refractivity contribution is -0.136. The number of alkyl halides is 5. The highest BCUT2D eigenvalue weighted by atomic mass is 79.9. The standard InChI is InChI=1S/C23H18BrF5N4O2/c24-15-6-18(23(27,28)29)19-10-32(21(34)33(19)9-15)17-3-1-2-14(5-17)22(11-35-12-22)7-16-4-13(20(25)26)8-30-31-16/h1-3,5-6,8-10,13,20H,4,7,11-12H2/t13-/m0/s1. The van der Waals surface area contributed by atoms with Crippen LogP contribution in [0.25, 0.3) is 11.2 Å². The zero-order chi connectivity index (χ0) is 25.0. The van der Waals surface area contributed by atoms with Crippen LogP contribution in [0, 0.1) is 5.92 Å². The van der Waals surface area contributed by atoms with Crippen molar-refractivity contribution in [3.8, 4) is 5.69 Å². The molecule has 5 rings (SSSR count). The fourth-order valence-corrected chi connectivity index (χ4v) is 4.92. The van der Waals surface area contributed by atoms with Crippen molar-refractivity contribution in [1.82, 2.24) is 8.97 Å². The Labute approximate surface area is 203 Å². The molecule has 1 fully saturated rings. The van der Waals surface area contributed by atoms with E-state index in [2.05, 4.69) is 26.1 Å². The van der Waals surface area contributed by atoms with Crippen LogP contribution in [0.1, 0.15) is 24.0 Å². The van der Waals surface area contributed by atoms with E-state index in [0.717, 1.165) is 33.0 Å². The molecule has 1 aromatic carbocycles. The van der Waals surface area contributed by atoms with E-state index < -0.39 is 35.2 Å². The fraction of sp³-hybridized carbons (Fsp3) is 0.348. The van der Waals surface area contributed by atoms with Crippen LogP contribution in [0.5, 0.6) is 0 Å². The summed E-state index contributed by atoms with van der Waals surface area (Å²) in [6.07, 6.45) is -3.17. The average Bonchev–Trinajstić information content (AvgIpc) is 3.11. The first-order valence-corrected chi connectivity index (χ1v) is 11.4. The first kappa shape index (κ1) is 23.9. The number of pyridine rings is 1. The van der Waals surface area contributed by atoms with Crippen LogP contribution in [0.2, 0.25) is 0 Å². The predicted octanol–water partition coefficient (Wildman–Crippen LogP) is 5.24. The average molecular weight is 557 g/mol. The number of rotatable bonds is 5. The second-order valence-electron chi connectivity index (χ2n) is 8.74. The molecule has 3 aromatic rings. The van der Waals surface area contributed by atoms with Crippen molar-refractivity contribution >= 4 is 33.4 Å². The summed E-state index contributed by atoms with van der Waals surface area (Å²) in [5.41, 5.74) is -0.756. The highest BCUT2D eigenvalue weighted by Gasteiger charge is 2.42. The summed E-state index contributed by atoms with van der Waals surface area (Å²) in [4.78, 5) is 13.0. The number of hydrogen-bond acceptors (Lipinski definition) is 4. The van der Waals surface area contributed by atoms with Crippen LogP contribution in [-0.2, 0) is 16.3 Å². The Balaban J connectivity index is 1.53. The molecular weight excluding hydrogens is 539 g/mol. The van der Waals surface area contributed by atoms with E-state index in [1.54, 1.807) is 18.2 Å². The molecule has 0 unspecified atom stereocenters. The summed E-state index contributed by atoms with van der Waals surface area (Å²) in [5, 5.41) is 7.78. The molecular formula is C23H18BrF5N4O2. The molecule has 35 heavy (non-hydrogen) atoms. The summed E-state index contributed by atoms with van der Waals surface area (Å²) < 4.78 is 74.8.